The molecule has 2 aliphatic rings. The number of hydrogen-bond donors (Lipinski definition) is 1. The molecule has 0 radical (unpaired) electrons. The molecule has 0 aliphatic carbocycles. The Hall–Kier alpha value is -0.0800. The van der Waals surface area contributed by atoms with Gasteiger partial charge in [0.1, 0.15) is 0 Å². The summed E-state index contributed by atoms with van der Waals surface area (Å²) in [6.45, 7) is 8.63. The van der Waals surface area contributed by atoms with Crippen LogP contribution in [0.5, 0.6) is 0 Å². The van der Waals surface area contributed by atoms with Crippen LogP contribution in [0.25, 0.3) is 0 Å². The summed E-state index contributed by atoms with van der Waals surface area (Å²) < 4.78 is 0. The second-order valence-electron chi connectivity index (χ2n) is 5.28. The first-order chi connectivity index (χ1) is 6.75. The van der Waals surface area contributed by atoms with Crippen molar-refractivity contribution in [2.24, 2.45) is 5.92 Å². The van der Waals surface area contributed by atoms with Crippen LogP contribution in [-0.2, 0) is 0 Å². The Morgan fingerprint density at radius 2 is 2.07 bits per heavy atom. The highest BCUT2D eigenvalue weighted by atomic mass is 15.2. The Labute approximate surface area is 88.1 Å². The molecular formula is C12H24N2. The third kappa shape index (κ3) is 2.48. The Kier molecular flexibility index (Phi) is 3.45. The molecule has 0 amide bonds. The molecule has 2 aliphatic heterocycles. The van der Waals surface area contributed by atoms with Crippen LogP contribution in [0, 0.1) is 5.92 Å². The van der Waals surface area contributed by atoms with Gasteiger partial charge in [0.05, 0.1) is 0 Å². The zero-order chi connectivity index (χ0) is 9.97. The van der Waals surface area contributed by atoms with E-state index in [0.717, 1.165) is 18.0 Å². The monoisotopic (exact) mass is 196 g/mol. The molecule has 2 nitrogen and oxygen atoms in total. The highest BCUT2D eigenvalue weighted by molar-refractivity contribution is 4.84. The maximum atomic E-state index is 3.54. The predicted octanol–water partition coefficient (Wildman–Crippen LogP) is 1.86. The lowest BCUT2D eigenvalue weighted by Gasteiger charge is -2.41. The minimum atomic E-state index is 0.728. The number of likely N-dealkylation sites (tertiary alicyclic amines) is 1. The summed E-state index contributed by atoms with van der Waals surface area (Å²) >= 11 is 0. The number of piperidine rings is 2. The Morgan fingerprint density at radius 1 is 1.21 bits per heavy atom. The molecule has 0 bridgehead atoms. The van der Waals surface area contributed by atoms with Crippen LogP contribution in [0.4, 0.5) is 0 Å². The van der Waals surface area contributed by atoms with Gasteiger partial charge in [-0.3, -0.25) is 0 Å². The minimum absolute atomic E-state index is 0.728. The number of rotatable bonds is 1. The van der Waals surface area contributed by atoms with Crippen molar-refractivity contribution in [2.75, 3.05) is 19.6 Å². The van der Waals surface area contributed by atoms with Crippen LogP contribution < -0.4 is 5.32 Å². The molecule has 0 aromatic heterocycles. The van der Waals surface area contributed by atoms with Crippen LogP contribution in [0.3, 0.4) is 0 Å². The van der Waals surface area contributed by atoms with Crippen LogP contribution in [-0.4, -0.2) is 36.6 Å². The highest BCUT2D eigenvalue weighted by Gasteiger charge is 2.27. The van der Waals surface area contributed by atoms with E-state index in [-0.39, 0.29) is 0 Å². The van der Waals surface area contributed by atoms with E-state index < -0.39 is 0 Å². The van der Waals surface area contributed by atoms with Crippen LogP contribution in [0.15, 0.2) is 0 Å². The second kappa shape index (κ2) is 4.63. The van der Waals surface area contributed by atoms with Crippen LogP contribution in [0.2, 0.25) is 0 Å². The van der Waals surface area contributed by atoms with Crippen molar-refractivity contribution in [2.45, 2.75) is 51.6 Å². The van der Waals surface area contributed by atoms with Crippen LogP contribution in [0.1, 0.15) is 39.5 Å². The van der Waals surface area contributed by atoms with Gasteiger partial charge in [0.25, 0.3) is 0 Å². The average Bonchev–Trinajstić information content (AvgIpc) is 2.18. The Bertz CT molecular complexity index is 161. The van der Waals surface area contributed by atoms with Gasteiger partial charge in [0.15, 0.2) is 0 Å². The third-order valence-electron chi connectivity index (χ3n) is 3.80. The molecule has 82 valence electrons. The summed E-state index contributed by atoms with van der Waals surface area (Å²) in [5.41, 5.74) is 0. The fourth-order valence-corrected chi connectivity index (χ4v) is 2.99. The van der Waals surface area contributed by atoms with Gasteiger partial charge in [0.2, 0.25) is 0 Å². The predicted molar refractivity (Wildman–Crippen MR) is 60.5 cm³/mol. The number of nitrogens with one attached hydrogen (secondary N) is 1. The summed E-state index contributed by atoms with van der Waals surface area (Å²) in [7, 11) is 0. The Balaban J connectivity index is 1.86. The fraction of sp³-hybridized carbons (Fsp3) is 1.00. The van der Waals surface area contributed by atoms with Gasteiger partial charge >= 0.3 is 0 Å². The number of nitrogens with zero attached hydrogens (tertiary/aromatic N) is 1. The van der Waals surface area contributed by atoms with Crippen molar-refractivity contribution < 1.29 is 0 Å². The van der Waals surface area contributed by atoms with E-state index >= 15 is 0 Å². The largest absolute Gasteiger partial charge is 0.314 e. The molecule has 0 spiro atoms. The van der Waals surface area contributed by atoms with Crippen molar-refractivity contribution in [1.29, 1.82) is 0 Å². The number of hydrogen-bond acceptors (Lipinski definition) is 2. The van der Waals surface area contributed by atoms with Crippen molar-refractivity contribution in [1.82, 2.24) is 10.2 Å². The van der Waals surface area contributed by atoms with E-state index in [4.69, 9.17) is 0 Å². The molecule has 2 heteroatoms. The minimum Gasteiger partial charge on any atom is -0.314 e. The second-order valence-corrected chi connectivity index (χ2v) is 5.28. The quantitative estimate of drug-likeness (QED) is 0.688. The molecular weight excluding hydrogens is 172 g/mol. The molecule has 2 fully saturated rings. The standard InChI is InChI=1S/C12H24N2/c1-10-4-3-7-14(9-10)12-5-6-13-11(2)8-12/h10-13H,3-9H2,1-2H3/t10-,11?,12?/m1/s1. The first-order valence-corrected chi connectivity index (χ1v) is 6.23. The maximum Gasteiger partial charge on any atom is 0.0122 e. The molecule has 0 saturated carbocycles. The van der Waals surface area contributed by atoms with Gasteiger partial charge in [-0.15, -0.1) is 0 Å². The lowest BCUT2D eigenvalue weighted by atomic mass is 9.93. The molecule has 2 heterocycles. The van der Waals surface area contributed by atoms with Gasteiger partial charge in [-0.1, -0.05) is 6.92 Å². The molecule has 2 saturated heterocycles. The van der Waals surface area contributed by atoms with E-state index in [0.29, 0.717) is 0 Å². The van der Waals surface area contributed by atoms with E-state index in [2.05, 4.69) is 24.1 Å². The van der Waals surface area contributed by atoms with Crippen molar-refractivity contribution in [3.05, 3.63) is 0 Å². The SMILES string of the molecule is CC1CC(N2CCC[C@@H](C)C2)CCN1. The van der Waals surface area contributed by atoms with Gasteiger partial charge in [-0.25, -0.2) is 0 Å². The zero-order valence-corrected chi connectivity index (χ0v) is 9.63. The maximum absolute atomic E-state index is 3.54. The van der Waals surface area contributed by atoms with E-state index in [1.807, 2.05) is 0 Å². The van der Waals surface area contributed by atoms with E-state index in [1.54, 1.807) is 0 Å². The molecule has 0 aromatic carbocycles. The normalized spacial score (nSPS) is 41.1. The van der Waals surface area contributed by atoms with Gasteiger partial charge < -0.3 is 10.2 Å². The summed E-state index contributed by atoms with van der Waals surface area (Å²) in [6, 6.07) is 1.60. The first-order valence-electron chi connectivity index (χ1n) is 6.23. The lowest BCUT2D eigenvalue weighted by Crippen LogP contribution is -2.49. The summed E-state index contributed by atoms with van der Waals surface area (Å²) in [5.74, 6) is 0.925. The molecule has 2 unspecified atom stereocenters. The van der Waals surface area contributed by atoms with E-state index in [9.17, 15) is 0 Å². The molecule has 14 heavy (non-hydrogen) atoms. The molecule has 0 aromatic rings. The smallest absolute Gasteiger partial charge is 0.0122 e. The van der Waals surface area contributed by atoms with E-state index in [1.165, 1.54) is 45.3 Å². The molecule has 2 rings (SSSR count). The van der Waals surface area contributed by atoms with Crippen molar-refractivity contribution >= 4 is 0 Å². The van der Waals surface area contributed by atoms with Crippen molar-refractivity contribution in [3.63, 3.8) is 0 Å². The summed E-state index contributed by atoms with van der Waals surface area (Å²) in [4.78, 5) is 2.74. The zero-order valence-electron chi connectivity index (χ0n) is 9.63. The fourth-order valence-electron chi connectivity index (χ4n) is 2.99. The lowest BCUT2D eigenvalue weighted by molar-refractivity contribution is 0.0985. The average molecular weight is 196 g/mol. The third-order valence-corrected chi connectivity index (χ3v) is 3.80. The van der Waals surface area contributed by atoms with Gasteiger partial charge in [-0.05, 0) is 51.6 Å². The summed E-state index contributed by atoms with van der Waals surface area (Å²) in [5, 5.41) is 3.54. The highest BCUT2D eigenvalue weighted by Crippen LogP contribution is 2.22. The van der Waals surface area contributed by atoms with Gasteiger partial charge in [0, 0.05) is 18.6 Å². The topological polar surface area (TPSA) is 15.3 Å². The van der Waals surface area contributed by atoms with Crippen molar-refractivity contribution in [3.8, 4) is 0 Å². The Morgan fingerprint density at radius 3 is 2.79 bits per heavy atom. The summed E-state index contributed by atoms with van der Waals surface area (Å²) in [6.07, 6.45) is 5.57. The molecule has 3 atom stereocenters. The van der Waals surface area contributed by atoms with Gasteiger partial charge in [-0.2, -0.15) is 0 Å². The molecule has 1 N–H and O–H groups in total. The first kappa shape index (κ1) is 10.4. The van der Waals surface area contributed by atoms with Crippen LogP contribution >= 0.6 is 0 Å².